The standard InChI is InChI=1S/C19H42N3.ClH/c1-7-13-20(14-8-2)19(21(15-9-3)16-10-4)22(17-11-5)18-12-6;/h7-18H2,1-6H3;1H/q+1;/p-1. The first kappa shape index (κ1) is 24.8. The summed E-state index contributed by atoms with van der Waals surface area (Å²) < 4.78 is 2.65. The van der Waals surface area contributed by atoms with E-state index in [-0.39, 0.29) is 12.4 Å². The van der Waals surface area contributed by atoms with Gasteiger partial charge in [0.2, 0.25) is 0 Å². The topological polar surface area (TPSA) is 9.49 Å². The molecule has 0 N–H and O–H groups in total. The highest BCUT2D eigenvalue weighted by Gasteiger charge is 2.27. The quantitative estimate of drug-likeness (QED) is 0.300. The summed E-state index contributed by atoms with van der Waals surface area (Å²) in [5.74, 6) is 1.51. The van der Waals surface area contributed by atoms with Gasteiger partial charge in [-0.3, -0.25) is 14.4 Å². The molecule has 0 rings (SSSR count). The molecule has 0 aliphatic heterocycles. The van der Waals surface area contributed by atoms with Crippen LogP contribution in [0.3, 0.4) is 0 Å². The molecule has 140 valence electrons. The molecule has 0 radical (unpaired) electrons. The van der Waals surface area contributed by atoms with Crippen molar-refractivity contribution in [2.75, 3.05) is 39.3 Å². The van der Waals surface area contributed by atoms with Gasteiger partial charge in [-0.2, -0.15) is 0 Å². The summed E-state index contributed by atoms with van der Waals surface area (Å²) in [6.07, 6.45) is 7.34. The molecule has 0 amide bonds. The van der Waals surface area contributed by atoms with E-state index in [4.69, 9.17) is 0 Å². The van der Waals surface area contributed by atoms with E-state index < -0.39 is 0 Å². The van der Waals surface area contributed by atoms with Crippen molar-refractivity contribution in [2.45, 2.75) is 80.1 Å². The predicted molar refractivity (Wildman–Crippen MR) is 99.9 cm³/mol. The van der Waals surface area contributed by atoms with Crippen LogP contribution in [0.1, 0.15) is 80.1 Å². The molecular formula is C19H42ClN3. The van der Waals surface area contributed by atoms with E-state index >= 15 is 0 Å². The third kappa shape index (κ3) is 9.44. The van der Waals surface area contributed by atoms with Gasteiger partial charge in [0, 0.05) is 0 Å². The fraction of sp³-hybridized carbons (Fsp3) is 0.947. The van der Waals surface area contributed by atoms with E-state index in [0.717, 1.165) is 0 Å². The fourth-order valence-corrected chi connectivity index (χ4v) is 3.15. The van der Waals surface area contributed by atoms with Crippen molar-refractivity contribution in [2.24, 2.45) is 0 Å². The molecule has 0 saturated carbocycles. The molecule has 0 aromatic rings. The summed E-state index contributed by atoms with van der Waals surface area (Å²) in [7, 11) is 0. The molecule has 0 unspecified atom stereocenters. The van der Waals surface area contributed by atoms with Crippen LogP contribution in [0.15, 0.2) is 0 Å². The summed E-state index contributed by atoms with van der Waals surface area (Å²) in [5, 5.41) is 0. The van der Waals surface area contributed by atoms with Crippen molar-refractivity contribution in [1.29, 1.82) is 0 Å². The smallest absolute Gasteiger partial charge is 0.350 e. The predicted octanol–water partition coefficient (Wildman–Crippen LogP) is 1.42. The number of hydrogen-bond donors (Lipinski definition) is 0. The van der Waals surface area contributed by atoms with Gasteiger partial charge in [-0.05, 0) is 38.5 Å². The van der Waals surface area contributed by atoms with Crippen LogP contribution < -0.4 is 12.4 Å². The number of hydrogen-bond acceptors (Lipinski definition) is 0. The maximum absolute atomic E-state index is 2.65. The minimum absolute atomic E-state index is 0. The van der Waals surface area contributed by atoms with Gasteiger partial charge in [-0.25, -0.2) is 0 Å². The lowest BCUT2D eigenvalue weighted by Crippen LogP contribution is -3.00. The normalized spacial score (nSPS) is 10.2. The first-order chi connectivity index (χ1) is 10.7. The molecule has 0 bridgehead atoms. The first-order valence-electron chi connectivity index (χ1n) is 9.81. The maximum atomic E-state index is 2.65. The van der Waals surface area contributed by atoms with Gasteiger partial charge in [-0.15, -0.1) is 0 Å². The van der Waals surface area contributed by atoms with Crippen LogP contribution >= 0.6 is 0 Å². The molecule has 0 saturated heterocycles. The summed E-state index contributed by atoms with van der Waals surface area (Å²) in [6, 6.07) is 0. The van der Waals surface area contributed by atoms with Crippen molar-refractivity contribution in [1.82, 2.24) is 9.80 Å². The Bertz CT molecular complexity index is 254. The number of halogens is 1. The van der Waals surface area contributed by atoms with Crippen LogP contribution in [0.2, 0.25) is 0 Å². The van der Waals surface area contributed by atoms with Gasteiger partial charge in [0.15, 0.2) is 0 Å². The van der Waals surface area contributed by atoms with Crippen molar-refractivity contribution in [3.05, 3.63) is 0 Å². The first-order valence-corrected chi connectivity index (χ1v) is 9.81. The maximum Gasteiger partial charge on any atom is 0.350 e. The summed E-state index contributed by atoms with van der Waals surface area (Å²) >= 11 is 0. The SMILES string of the molecule is CCCN(CCC)C(N(CCC)CCC)=[N+](CCC)CCC.[Cl-]. The molecule has 0 spiro atoms. The van der Waals surface area contributed by atoms with Gasteiger partial charge in [-0.1, -0.05) is 41.5 Å². The molecule has 0 aliphatic carbocycles. The highest BCUT2D eigenvalue weighted by molar-refractivity contribution is 5.75. The number of guanidine groups is 1. The van der Waals surface area contributed by atoms with E-state index in [1.54, 1.807) is 0 Å². The van der Waals surface area contributed by atoms with Gasteiger partial charge in [0.1, 0.15) is 0 Å². The Morgan fingerprint density at radius 3 is 1.09 bits per heavy atom. The Morgan fingerprint density at radius 1 is 0.565 bits per heavy atom. The number of nitrogens with zero attached hydrogens (tertiary/aromatic N) is 3. The molecule has 0 fully saturated rings. The van der Waals surface area contributed by atoms with Crippen molar-refractivity contribution >= 4 is 5.96 Å². The van der Waals surface area contributed by atoms with Crippen LogP contribution in [-0.4, -0.2) is 59.6 Å². The van der Waals surface area contributed by atoms with Gasteiger partial charge < -0.3 is 12.4 Å². The van der Waals surface area contributed by atoms with Crippen molar-refractivity contribution < 1.29 is 17.0 Å². The molecule has 0 aliphatic rings. The zero-order valence-corrected chi connectivity index (χ0v) is 17.5. The van der Waals surface area contributed by atoms with Crippen molar-refractivity contribution in [3.63, 3.8) is 0 Å². The second-order valence-electron chi connectivity index (χ2n) is 6.26. The third-order valence-corrected chi connectivity index (χ3v) is 3.81. The largest absolute Gasteiger partial charge is 1.00 e. The van der Waals surface area contributed by atoms with E-state index in [0.29, 0.717) is 0 Å². The van der Waals surface area contributed by atoms with Crippen LogP contribution in [-0.2, 0) is 0 Å². The Balaban J connectivity index is 0. The minimum atomic E-state index is 0. The molecular weight excluding hydrogens is 306 g/mol. The molecule has 23 heavy (non-hydrogen) atoms. The van der Waals surface area contributed by atoms with E-state index in [1.807, 2.05) is 0 Å². The minimum Gasteiger partial charge on any atom is -1.00 e. The second kappa shape index (κ2) is 16.4. The van der Waals surface area contributed by atoms with Gasteiger partial charge >= 0.3 is 5.96 Å². The molecule has 0 atom stereocenters. The van der Waals surface area contributed by atoms with Gasteiger partial charge in [0.05, 0.1) is 39.3 Å². The fourth-order valence-electron chi connectivity index (χ4n) is 3.15. The van der Waals surface area contributed by atoms with E-state index in [2.05, 4.69) is 55.9 Å². The lowest BCUT2D eigenvalue weighted by molar-refractivity contribution is -0.538. The summed E-state index contributed by atoms with van der Waals surface area (Å²) in [6.45, 7) is 20.9. The van der Waals surface area contributed by atoms with Crippen molar-refractivity contribution in [3.8, 4) is 0 Å². The molecule has 0 aromatic heterocycles. The summed E-state index contributed by atoms with van der Waals surface area (Å²) in [5.41, 5.74) is 0. The van der Waals surface area contributed by atoms with E-state index in [9.17, 15) is 0 Å². The van der Waals surface area contributed by atoms with Crippen LogP contribution in [0.5, 0.6) is 0 Å². The van der Waals surface area contributed by atoms with E-state index in [1.165, 1.54) is 83.8 Å². The second-order valence-corrected chi connectivity index (χ2v) is 6.26. The Labute approximate surface area is 152 Å². The van der Waals surface area contributed by atoms with Gasteiger partial charge in [0.25, 0.3) is 0 Å². The van der Waals surface area contributed by atoms with Crippen LogP contribution in [0.4, 0.5) is 0 Å². The molecule has 4 heteroatoms. The molecule has 0 aromatic carbocycles. The third-order valence-electron chi connectivity index (χ3n) is 3.81. The van der Waals surface area contributed by atoms with Crippen LogP contribution in [0, 0.1) is 0 Å². The molecule has 3 nitrogen and oxygen atoms in total. The average molecular weight is 348 g/mol. The lowest BCUT2D eigenvalue weighted by atomic mass is 10.3. The number of rotatable bonds is 12. The Kier molecular flexibility index (Phi) is 17.7. The monoisotopic (exact) mass is 347 g/mol. The zero-order valence-electron chi connectivity index (χ0n) is 16.7. The molecule has 0 heterocycles. The highest BCUT2D eigenvalue weighted by atomic mass is 35.5. The zero-order chi connectivity index (χ0) is 16.8. The Hall–Kier alpha value is -0.440. The average Bonchev–Trinajstić information content (AvgIpc) is 2.49. The Morgan fingerprint density at radius 2 is 0.870 bits per heavy atom. The summed E-state index contributed by atoms with van der Waals surface area (Å²) in [4.78, 5) is 5.30. The highest BCUT2D eigenvalue weighted by Crippen LogP contribution is 2.07. The van der Waals surface area contributed by atoms with Crippen LogP contribution in [0.25, 0.3) is 0 Å². The lowest BCUT2D eigenvalue weighted by Gasteiger charge is -2.30.